The van der Waals surface area contributed by atoms with Crippen molar-refractivity contribution in [2.45, 2.75) is 32.6 Å². The number of nitrogen functional groups attached to an aromatic ring is 1. The van der Waals surface area contributed by atoms with Gasteiger partial charge in [0.2, 0.25) is 0 Å². The fourth-order valence-corrected chi connectivity index (χ4v) is 2.24. The summed E-state index contributed by atoms with van der Waals surface area (Å²) in [7, 11) is 0. The Balaban J connectivity index is 1.93. The Kier molecular flexibility index (Phi) is 4.66. The predicted octanol–water partition coefficient (Wildman–Crippen LogP) is 3.05. The molecule has 1 saturated carbocycles. The largest absolute Gasteiger partial charge is 0.462 e. The molecule has 0 unspecified atom stereocenters. The second-order valence-electron chi connectivity index (χ2n) is 5.03. The molecule has 0 aromatic heterocycles. The highest BCUT2D eigenvalue weighted by Crippen LogP contribution is 2.29. The van der Waals surface area contributed by atoms with Gasteiger partial charge in [0.15, 0.2) is 0 Å². The average Bonchev–Trinajstić information content (AvgIpc) is 2.34. The van der Waals surface area contributed by atoms with Gasteiger partial charge in [-0.3, -0.25) is 0 Å². The van der Waals surface area contributed by atoms with Crippen LogP contribution in [0.4, 0.5) is 11.4 Å². The predicted molar refractivity (Wildman–Crippen MR) is 77.3 cm³/mol. The molecule has 104 valence electrons. The maximum atomic E-state index is 11.7. The van der Waals surface area contributed by atoms with Crippen LogP contribution in [-0.4, -0.2) is 19.1 Å². The summed E-state index contributed by atoms with van der Waals surface area (Å²) in [5.74, 6) is 0.562. The minimum absolute atomic E-state index is 0.301. The summed E-state index contributed by atoms with van der Waals surface area (Å²) in [5, 5.41) is 3.32. The molecule has 4 heteroatoms. The van der Waals surface area contributed by atoms with E-state index in [-0.39, 0.29) is 5.97 Å². The Morgan fingerprint density at radius 1 is 1.47 bits per heavy atom. The van der Waals surface area contributed by atoms with Crippen LogP contribution < -0.4 is 11.1 Å². The lowest BCUT2D eigenvalue weighted by Crippen LogP contribution is -2.16. The highest BCUT2D eigenvalue weighted by Gasteiger charge is 2.16. The molecule has 2 rings (SSSR count). The normalized spacial score (nSPS) is 14.8. The third-order valence-electron chi connectivity index (χ3n) is 3.66. The van der Waals surface area contributed by atoms with Crippen LogP contribution in [0.15, 0.2) is 18.2 Å². The molecule has 0 atom stereocenters. The molecule has 3 N–H and O–H groups in total. The second kappa shape index (κ2) is 6.45. The number of hydrogen-bond acceptors (Lipinski definition) is 4. The Hall–Kier alpha value is -1.71. The fourth-order valence-electron chi connectivity index (χ4n) is 2.24. The number of rotatable bonds is 6. The molecule has 4 nitrogen and oxygen atoms in total. The van der Waals surface area contributed by atoms with Crippen molar-refractivity contribution in [3.05, 3.63) is 23.8 Å². The van der Waals surface area contributed by atoms with Crippen LogP contribution in [0, 0.1) is 5.92 Å². The number of ether oxygens (including phenoxy) is 1. The summed E-state index contributed by atoms with van der Waals surface area (Å²) in [6, 6.07) is 5.22. The summed E-state index contributed by atoms with van der Waals surface area (Å²) in [5.41, 5.74) is 7.95. The van der Waals surface area contributed by atoms with E-state index in [0.717, 1.165) is 18.2 Å². The van der Waals surface area contributed by atoms with E-state index in [1.54, 1.807) is 25.1 Å². The number of anilines is 2. The van der Waals surface area contributed by atoms with Crippen molar-refractivity contribution in [3.8, 4) is 0 Å². The van der Waals surface area contributed by atoms with Gasteiger partial charge in [-0.25, -0.2) is 4.79 Å². The molecular formula is C15H22N2O2. The van der Waals surface area contributed by atoms with Crippen molar-refractivity contribution < 1.29 is 9.53 Å². The lowest BCUT2D eigenvalue weighted by molar-refractivity contribution is 0.0526. The third kappa shape index (κ3) is 3.63. The van der Waals surface area contributed by atoms with Gasteiger partial charge in [0.1, 0.15) is 0 Å². The van der Waals surface area contributed by atoms with Crippen LogP contribution >= 0.6 is 0 Å². The van der Waals surface area contributed by atoms with Crippen LogP contribution in [0.2, 0.25) is 0 Å². The molecule has 0 saturated heterocycles. The number of benzene rings is 1. The van der Waals surface area contributed by atoms with Gasteiger partial charge in [0.25, 0.3) is 0 Å². The molecule has 0 amide bonds. The van der Waals surface area contributed by atoms with Crippen molar-refractivity contribution in [2.24, 2.45) is 5.92 Å². The molecule has 0 bridgehead atoms. The maximum absolute atomic E-state index is 11.7. The van der Waals surface area contributed by atoms with Gasteiger partial charge in [-0.2, -0.15) is 0 Å². The van der Waals surface area contributed by atoms with Crippen LogP contribution in [0.5, 0.6) is 0 Å². The first-order valence-corrected chi connectivity index (χ1v) is 7.01. The van der Waals surface area contributed by atoms with Gasteiger partial charge in [-0.15, -0.1) is 0 Å². The van der Waals surface area contributed by atoms with Crippen LogP contribution in [0.1, 0.15) is 43.0 Å². The number of carbonyl (C=O) groups excluding carboxylic acids is 1. The average molecular weight is 262 g/mol. The van der Waals surface area contributed by atoms with Gasteiger partial charge >= 0.3 is 5.97 Å². The van der Waals surface area contributed by atoms with Crippen molar-refractivity contribution in [1.29, 1.82) is 0 Å². The van der Waals surface area contributed by atoms with E-state index in [1.165, 1.54) is 25.7 Å². The zero-order valence-electron chi connectivity index (χ0n) is 11.4. The molecule has 1 aliphatic carbocycles. The first kappa shape index (κ1) is 13.7. The summed E-state index contributed by atoms with van der Waals surface area (Å²) in [4.78, 5) is 11.7. The van der Waals surface area contributed by atoms with Crippen LogP contribution in [0.3, 0.4) is 0 Å². The third-order valence-corrected chi connectivity index (χ3v) is 3.66. The van der Waals surface area contributed by atoms with Crippen LogP contribution in [0.25, 0.3) is 0 Å². The molecule has 0 spiro atoms. The van der Waals surface area contributed by atoms with E-state index in [2.05, 4.69) is 5.32 Å². The Bertz CT molecular complexity index is 442. The van der Waals surface area contributed by atoms with E-state index in [9.17, 15) is 4.79 Å². The van der Waals surface area contributed by atoms with Gasteiger partial charge in [0, 0.05) is 6.54 Å². The van der Waals surface area contributed by atoms with Crippen molar-refractivity contribution in [1.82, 2.24) is 0 Å². The number of carbonyl (C=O) groups is 1. The summed E-state index contributed by atoms with van der Waals surface area (Å²) in [6.45, 7) is 3.09. The minimum Gasteiger partial charge on any atom is -0.462 e. The van der Waals surface area contributed by atoms with Gasteiger partial charge in [-0.05, 0) is 37.5 Å². The van der Waals surface area contributed by atoms with Crippen LogP contribution in [-0.2, 0) is 4.74 Å². The molecule has 1 aromatic carbocycles. The topological polar surface area (TPSA) is 64.3 Å². The Labute approximate surface area is 114 Å². The molecule has 1 fully saturated rings. The zero-order chi connectivity index (χ0) is 13.7. The standard InChI is InChI=1S/C15H22N2O2/c1-2-19-15(18)12-6-7-13(16)14(10-12)17-9-8-11-4-3-5-11/h6-7,10-11,17H,2-5,8-9,16H2,1H3. The summed E-state index contributed by atoms with van der Waals surface area (Å²) in [6.07, 6.45) is 5.23. The monoisotopic (exact) mass is 262 g/mol. The lowest BCUT2D eigenvalue weighted by atomic mass is 9.83. The van der Waals surface area contributed by atoms with E-state index in [0.29, 0.717) is 17.9 Å². The summed E-state index contributed by atoms with van der Waals surface area (Å²) < 4.78 is 4.98. The maximum Gasteiger partial charge on any atom is 0.338 e. The molecule has 19 heavy (non-hydrogen) atoms. The second-order valence-corrected chi connectivity index (χ2v) is 5.03. The van der Waals surface area contributed by atoms with E-state index < -0.39 is 0 Å². The molecule has 0 radical (unpaired) electrons. The number of esters is 1. The van der Waals surface area contributed by atoms with Gasteiger partial charge < -0.3 is 15.8 Å². The van der Waals surface area contributed by atoms with E-state index in [4.69, 9.17) is 10.5 Å². The minimum atomic E-state index is -0.301. The van der Waals surface area contributed by atoms with E-state index in [1.807, 2.05) is 0 Å². The number of nitrogens with two attached hydrogens (primary N) is 1. The quantitative estimate of drug-likeness (QED) is 0.611. The molecule has 0 heterocycles. The molecular weight excluding hydrogens is 240 g/mol. The van der Waals surface area contributed by atoms with Gasteiger partial charge in [0.05, 0.1) is 23.5 Å². The number of hydrogen-bond donors (Lipinski definition) is 2. The number of nitrogens with one attached hydrogen (secondary N) is 1. The fraction of sp³-hybridized carbons (Fsp3) is 0.533. The smallest absolute Gasteiger partial charge is 0.338 e. The lowest BCUT2D eigenvalue weighted by Gasteiger charge is -2.25. The Morgan fingerprint density at radius 3 is 2.89 bits per heavy atom. The van der Waals surface area contributed by atoms with E-state index >= 15 is 0 Å². The van der Waals surface area contributed by atoms with Crippen molar-refractivity contribution in [3.63, 3.8) is 0 Å². The first-order chi connectivity index (χ1) is 9.20. The highest BCUT2D eigenvalue weighted by molar-refractivity contribution is 5.92. The summed E-state index contributed by atoms with van der Waals surface area (Å²) >= 11 is 0. The first-order valence-electron chi connectivity index (χ1n) is 7.01. The van der Waals surface area contributed by atoms with Crippen molar-refractivity contribution in [2.75, 3.05) is 24.2 Å². The zero-order valence-corrected chi connectivity index (χ0v) is 11.4. The Morgan fingerprint density at radius 2 is 2.26 bits per heavy atom. The molecule has 1 aromatic rings. The molecule has 0 aliphatic heterocycles. The SMILES string of the molecule is CCOC(=O)c1ccc(N)c(NCCC2CCC2)c1. The highest BCUT2D eigenvalue weighted by atomic mass is 16.5. The molecule has 1 aliphatic rings. The van der Waals surface area contributed by atoms with Crippen molar-refractivity contribution >= 4 is 17.3 Å². The van der Waals surface area contributed by atoms with Gasteiger partial charge in [-0.1, -0.05) is 19.3 Å².